The first-order chi connectivity index (χ1) is 8.54. The first kappa shape index (κ1) is 14.8. The van der Waals surface area contributed by atoms with Gasteiger partial charge in [-0.3, -0.25) is 0 Å². The van der Waals surface area contributed by atoms with Gasteiger partial charge in [0.05, 0.1) is 7.11 Å². The summed E-state index contributed by atoms with van der Waals surface area (Å²) in [6, 6.07) is 6.33. The van der Waals surface area contributed by atoms with E-state index in [0.717, 1.165) is 25.3 Å². The van der Waals surface area contributed by atoms with Crippen molar-refractivity contribution >= 4 is 0 Å². The van der Waals surface area contributed by atoms with E-state index >= 15 is 0 Å². The zero-order valence-corrected chi connectivity index (χ0v) is 12.0. The van der Waals surface area contributed by atoms with Crippen molar-refractivity contribution in [3.8, 4) is 5.75 Å². The predicted octanol–water partition coefficient (Wildman–Crippen LogP) is 3.35. The van der Waals surface area contributed by atoms with Gasteiger partial charge in [-0.15, -0.1) is 6.58 Å². The number of hydrogen-bond acceptors (Lipinski definition) is 2. The summed E-state index contributed by atoms with van der Waals surface area (Å²) in [5.74, 6) is 0.963. The fraction of sp³-hybridized carbons (Fsp3) is 0.500. The molecule has 18 heavy (non-hydrogen) atoms. The molecule has 2 heteroatoms. The van der Waals surface area contributed by atoms with Crippen LogP contribution in [-0.4, -0.2) is 20.2 Å². The lowest BCUT2D eigenvalue weighted by Crippen LogP contribution is -2.32. The number of aryl methyl sites for hydroxylation is 1. The lowest BCUT2D eigenvalue weighted by atomic mass is 9.83. The first-order valence-electron chi connectivity index (χ1n) is 6.52. The highest BCUT2D eigenvalue weighted by Crippen LogP contribution is 2.29. The molecule has 0 heterocycles. The van der Waals surface area contributed by atoms with Gasteiger partial charge in [0.1, 0.15) is 5.75 Å². The number of benzene rings is 1. The molecule has 1 N–H and O–H groups in total. The van der Waals surface area contributed by atoms with Crippen LogP contribution in [0.5, 0.6) is 5.75 Å². The third kappa shape index (κ3) is 3.88. The Balaban J connectivity index is 2.93. The van der Waals surface area contributed by atoms with Crippen LogP contribution in [0.2, 0.25) is 0 Å². The van der Waals surface area contributed by atoms with E-state index in [2.05, 4.69) is 44.8 Å². The van der Waals surface area contributed by atoms with Gasteiger partial charge in [0.25, 0.3) is 0 Å². The standard InChI is InChI=1S/C16H25NO/c1-6-16(4,12-17-7-2)11-14-10-13(3)8-9-15(14)18-5/h6,8-10,17H,1,7,11-12H2,2-5H3. The lowest BCUT2D eigenvalue weighted by molar-refractivity contribution is 0.373. The molecular weight excluding hydrogens is 222 g/mol. The minimum absolute atomic E-state index is 0.0527. The van der Waals surface area contributed by atoms with Crippen LogP contribution in [-0.2, 0) is 6.42 Å². The maximum absolute atomic E-state index is 5.44. The number of rotatable bonds is 7. The van der Waals surface area contributed by atoms with Gasteiger partial charge in [-0.1, -0.05) is 37.6 Å². The maximum Gasteiger partial charge on any atom is 0.122 e. The van der Waals surface area contributed by atoms with Gasteiger partial charge in [-0.25, -0.2) is 0 Å². The highest BCUT2D eigenvalue weighted by Gasteiger charge is 2.22. The summed E-state index contributed by atoms with van der Waals surface area (Å²) in [7, 11) is 1.73. The van der Waals surface area contributed by atoms with Crippen molar-refractivity contribution < 1.29 is 4.74 Å². The Bertz CT molecular complexity index is 400. The average Bonchev–Trinajstić information content (AvgIpc) is 2.37. The summed E-state index contributed by atoms with van der Waals surface area (Å²) in [5.41, 5.74) is 2.57. The van der Waals surface area contributed by atoms with Crippen molar-refractivity contribution in [3.05, 3.63) is 42.0 Å². The van der Waals surface area contributed by atoms with E-state index in [9.17, 15) is 0 Å². The molecule has 1 unspecified atom stereocenters. The molecule has 0 aliphatic heterocycles. The molecule has 0 saturated carbocycles. The number of hydrogen-bond donors (Lipinski definition) is 1. The van der Waals surface area contributed by atoms with Crippen LogP contribution in [0.1, 0.15) is 25.0 Å². The van der Waals surface area contributed by atoms with E-state index in [1.807, 2.05) is 12.1 Å². The first-order valence-corrected chi connectivity index (χ1v) is 6.52. The monoisotopic (exact) mass is 247 g/mol. The minimum Gasteiger partial charge on any atom is -0.496 e. The second-order valence-corrected chi connectivity index (χ2v) is 5.13. The van der Waals surface area contributed by atoms with E-state index in [0.29, 0.717) is 0 Å². The molecule has 0 aromatic heterocycles. The Labute approximate surface area is 111 Å². The molecule has 1 atom stereocenters. The molecular formula is C16H25NO. The van der Waals surface area contributed by atoms with Crippen molar-refractivity contribution in [1.29, 1.82) is 0 Å². The van der Waals surface area contributed by atoms with Crippen molar-refractivity contribution in [2.75, 3.05) is 20.2 Å². The summed E-state index contributed by atoms with van der Waals surface area (Å²) in [5, 5.41) is 3.40. The highest BCUT2D eigenvalue weighted by molar-refractivity contribution is 5.38. The summed E-state index contributed by atoms with van der Waals surface area (Å²) in [6.45, 7) is 12.4. The minimum atomic E-state index is 0.0527. The van der Waals surface area contributed by atoms with Crippen LogP contribution >= 0.6 is 0 Å². The molecule has 0 spiro atoms. The van der Waals surface area contributed by atoms with Gasteiger partial charge < -0.3 is 10.1 Å². The summed E-state index contributed by atoms with van der Waals surface area (Å²) in [6.07, 6.45) is 2.98. The van der Waals surface area contributed by atoms with Gasteiger partial charge in [0.15, 0.2) is 0 Å². The molecule has 0 amide bonds. The summed E-state index contributed by atoms with van der Waals surface area (Å²) >= 11 is 0. The van der Waals surface area contributed by atoms with E-state index in [4.69, 9.17) is 4.74 Å². The van der Waals surface area contributed by atoms with Gasteiger partial charge in [-0.05, 0) is 31.5 Å². The Morgan fingerprint density at radius 1 is 1.44 bits per heavy atom. The predicted molar refractivity (Wildman–Crippen MR) is 78.3 cm³/mol. The van der Waals surface area contributed by atoms with Gasteiger partial charge in [0.2, 0.25) is 0 Å². The van der Waals surface area contributed by atoms with E-state index in [-0.39, 0.29) is 5.41 Å². The Morgan fingerprint density at radius 2 is 2.17 bits per heavy atom. The summed E-state index contributed by atoms with van der Waals surface area (Å²) < 4.78 is 5.44. The van der Waals surface area contributed by atoms with Crippen LogP contribution in [0.3, 0.4) is 0 Å². The fourth-order valence-corrected chi connectivity index (χ4v) is 2.10. The van der Waals surface area contributed by atoms with E-state index in [1.54, 1.807) is 7.11 Å². The van der Waals surface area contributed by atoms with Crippen LogP contribution in [0.4, 0.5) is 0 Å². The molecule has 0 aliphatic carbocycles. The molecule has 0 radical (unpaired) electrons. The van der Waals surface area contributed by atoms with Crippen LogP contribution < -0.4 is 10.1 Å². The van der Waals surface area contributed by atoms with E-state index < -0.39 is 0 Å². The molecule has 1 rings (SSSR count). The molecule has 1 aromatic carbocycles. The van der Waals surface area contributed by atoms with Gasteiger partial charge in [-0.2, -0.15) is 0 Å². The Hall–Kier alpha value is -1.28. The third-order valence-electron chi connectivity index (χ3n) is 3.30. The second-order valence-electron chi connectivity index (χ2n) is 5.13. The van der Waals surface area contributed by atoms with Crippen LogP contribution in [0, 0.1) is 12.3 Å². The average molecular weight is 247 g/mol. The zero-order chi connectivity index (χ0) is 13.6. The van der Waals surface area contributed by atoms with Crippen molar-refractivity contribution in [1.82, 2.24) is 5.32 Å². The van der Waals surface area contributed by atoms with Gasteiger partial charge in [0, 0.05) is 12.0 Å². The van der Waals surface area contributed by atoms with Crippen molar-refractivity contribution in [2.45, 2.75) is 27.2 Å². The lowest BCUT2D eigenvalue weighted by Gasteiger charge is -2.27. The highest BCUT2D eigenvalue weighted by atomic mass is 16.5. The summed E-state index contributed by atoms with van der Waals surface area (Å²) in [4.78, 5) is 0. The van der Waals surface area contributed by atoms with Gasteiger partial charge >= 0.3 is 0 Å². The Kier molecular flexibility index (Phi) is 5.42. The quantitative estimate of drug-likeness (QED) is 0.746. The molecule has 0 bridgehead atoms. The third-order valence-corrected chi connectivity index (χ3v) is 3.30. The topological polar surface area (TPSA) is 21.3 Å². The largest absolute Gasteiger partial charge is 0.496 e. The molecule has 0 fully saturated rings. The smallest absolute Gasteiger partial charge is 0.122 e. The number of methoxy groups -OCH3 is 1. The number of ether oxygens (including phenoxy) is 1. The number of nitrogens with one attached hydrogen (secondary N) is 1. The van der Waals surface area contributed by atoms with Crippen molar-refractivity contribution in [3.63, 3.8) is 0 Å². The van der Waals surface area contributed by atoms with Crippen molar-refractivity contribution in [2.24, 2.45) is 5.41 Å². The molecule has 1 aromatic rings. The Morgan fingerprint density at radius 3 is 2.72 bits per heavy atom. The molecule has 2 nitrogen and oxygen atoms in total. The fourth-order valence-electron chi connectivity index (χ4n) is 2.10. The molecule has 0 saturated heterocycles. The second kappa shape index (κ2) is 6.60. The zero-order valence-electron chi connectivity index (χ0n) is 12.0. The molecule has 0 aliphatic rings. The maximum atomic E-state index is 5.44. The van der Waals surface area contributed by atoms with Crippen LogP contribution in [0.15, 0.2) is 30.9 Å². The van der Waals surface area contributed by atoms with Crippen LogP contribution in [0.25, 0.3) is 0 Å². The molecule has 100 valence electrons. The van der Waals surface area contributed by atoms with E-state index in [1.165, 1.54) is 11.1 Å². The normalized spacial score (nSPS) is 14.0. The SMILES string of the molecule is C=CC(C)(CNCC)Cc1cc(C)ccc1OC.